The minimum absolute atomic E-state index is 0.131. The second-order valence-corrected chi connectivity index (χ2v) is 4.09. The number of nitrogens with zero attached hydrogens (tertiary/aromatic N) is 2. The monoisotopic (exact) mass is 208 g/mol. The van der Waals surface area contributed by atoms with Gasteiger partial charge in [0.2, 0.25) is 0 Å². The number of hydrogen-bond acceptors (Lipinski definition) is 2. The van der Waals surface area contributed by atoms with Crippen molar-refractivity contribution in [2.75, 3.05) is 0 Å². The van der Waals surface area contributed by atoms with Crippen molar-refractivity contribution in [3.63, 3.8) is 0 Å². The molecular formula is C11H16N2O2. The van der Waals surface area contributed by atoms with E-state index in [1.54, 1.807) is 6.20 Å². The predicted octanol–water partition coefficient (Wildman–Crippen LogP) is 1.87. The van der Waals surface area contributed by atoms with Gasteiger partial charge in [-0.15, -0.1) is 0 Å². The molecule has 1 saturated carbocycles. The van der Waals surface area contributed by atoms with Crippen molar-refractivity contribution >= 4 is 5.97 Å². The van der Waals surface area contributed by atoms with Gasteiger partial charge in [0.05, 0.1) is 5.92 Å². The van der Waals surface area contributed by atoms with E-state index in [1.807, 2.05) is 10.8 Å². The molecule has 2 rings (SSSR count). The number of aliphatic carboxylic acids is 1. The van der Waals surface area contributed by atoms with Gasteiger partial charge >= 0.3 is 5.97 Å². The molecule has 1 aromatic rings. The van der Waals surface area contributed by atoms with Crippen LogP contribution in [-0.4, -0.2) is 20.6 Å². The van der Waals surface area contributed by atoms with Gasteiger partial charge in [-0.3, -0.25) is 4.79 Å². The van der Waals surface area contributed by atoms with Crippen LogP contribution in [-0.2, 0) is 11.2 Å². The molecule has 2 atom stereocenters. The molecule has 0 radical (unpaired) electrons. The van der Waals surface area contributed by atoms with Gasteiger partial charge in [0, 0.05) is 24.9 Å². The standard InChI is InChI=1S/C11H16N2O2/c1-2-3-10-12-6-7-13(10)9-5-4-8(9)11(14)15/h6-9H,2-5H2,1H3,(H,14,15). The Labute approximate surface area is 88.9 Å². The minimum Gasteiger partial charge on any atom is -0.481 e. The van der Waals surface area contributed by atoms with Crippen LogP contribution in [0.15, 0.2) is 12.4 Å². The van der Waals surface area contributed by atoms with E-state index in [0.29, 0.717) is 0 Å². The molecule has 1 heterocycles. The summed E-state index contributed by atoms with van der Waals surface area (Å²) in [6.45, 7) is 2.11. The second kappa shape index (κ2) is 4.04. The Morgan fingerprint density at radius 2 is 2.47 bits per heavy atom. The van der Waals surface area contributed by atoms with Crippen molar-refractivity contribution in [3.8, 4) is 0 Å². The maximum Gasteiger partial charge on any atom is 0.308 e. The van der Waals surface area contributed by atoms with E-state index in [4.69, 9.17) is 5.11 Å². The van der Waals surface area contributed by atoms with Crippen LogP contribution in [0.5, 0.6) is 0 Å². The summed E-state index contributed by atoms with van der Waals surface area (Å²) in [6.07, 6.45) is 7.40. The zero-order chi connectivity index (χ0) is 10.8. The summed E-state index contributed by atoms with van der Waals surface area (Å²) in [5, 5.41) is 8.99. The molecule has 0 saturated heterocycles. The van der Waals surface area contributed by atoms with Gasteiger partial charge in [-0.1, -0.05) is 6.92 Å². The van der Waals surface area contributed by atoms with Gasteiger partial charge in [-0.05, 0) is 19.3 Å². The molecule has 82 valence electrons. The van der Waals surface area contributed by atoms with Crippen molar-refractivity contribution in [2.45, 2.75) is 38.6 Å². The van der Waals surface area contributed by atoms with Crippen LogP contribution in [0.3, 0.4) is 0 Å². The highest BCUT2D eigenvalue weighted by atomic mass is 16.4. The van der Waals surface area contributed by atoms with E-state index < -0.39 is 5.97 Å². The van der Waals surface area contributed by atoms with Gasteiger partial charge in [0.25, 0.3) is 0 Å². The van der Waals surface area contributed by atoms with E-state index in [0.717, 1.165) is 31.5 Å². The Morgan fingerprint density at radius 1 is 1.67 bits per heavy atom. The molecule has 1 fully saturated rings. The number of hydrogen-bond donors (Lipinski definition) is 1. The lowest BCUT2D eigenvalue weighted by Gasteiger charge is -2.35. The first-order chi connectivity index (χ1) is 7.24. The lowest BCUT2D eigenvalue weighted by atomic mass is 9.79. The first kappa shape index (κ1) is 10.2. The first-order valence-electron chi connectivity index (χ1n) is 5.48. The Kier molecular flexibility index (Phi) is 2.75. The van der Waals surface area contributed by atoms with Gasteiger partial charge in [-0.2, -0.15) is 0 Å². The highest BCUT2D eigenvalue weighted by Gasteiger charge is 2.38. The van der Waals surface area contributed by atoms with E-state index in [-0.39, 0.29) is 12.0 Å². The Hall–Kier alpha value is -1.32. The van der Waals surface area contributed by atoms with E-state index in [2.05, 4.69) is 11.9 Å². The van der Waals surface area contributed by atoms with E-state index in [9.17, 15) is 4.79 Å². The van der Waals surface area contributed by atoms with Crippen molar-refractivity contribution in [1.29, 1.82) is 0 Å². The summed E-state index contributed by atoms with van der Waals surface area (Å²) in [5.41, 5.74) is 0. The lowest BCUT2D eigenvalue weighted by molar-refractivity contribution is -0.147. The number of carboxylic acids is 1. The van der Waals surface area contributed by atoms with Gasteiger partial charge in [0.15, 0.2) is 0 Å². The zero-order valence-corrected chi connectivity index (χ0v) is 8.89. The summed E-state index contributed by atoms with van der Waals surface area (Å²) in [5.74, 6) is 0.130. The summed E-state index contributed by atoms with van der Waals surface area (Å²) < 4.78 is 2.05. The smallest absolute Gasteiger partial charge is 0.308 e. The molecule has 1 aliphatic carbocycles. The molecule has 0 amide bonds. The lowest BCUT2D eigenvalue weighted by Crippen LogP contribution is -2.35. The topological polar surface area (TPSA) is 55.1 Å². The van der Waals surface area contributed by atoms with Crippen LogP contribution in [0.4, 0.5) is 0 Å². The van der Waals surface area contributed by atoms with Gasteiger partial charge < -0.3 is 9.67 Å². The maximum absolute atomic E-state index is 10.9. The van der Waals surface area contributed by atoms with Gasteiger partial charge in [-0.25, -0.2) is 4.98 Å². The molecule has 1 aromatic heterocycles. The molecule has 4 heteroatoms. The third kappa shape index (κ3) is 1.76. The fourth-order valence-electron chi connectivity index (χ4n) is 2.17. The molecule has 0 aliphatic heterocycles. The average Bonchev–Trinajstić information content (AvgIpc) is 2.51. The highest BCUT2D eigenvalue weighted by Crippen LogP contribution is 2.39. The molecule has 1 N–H and O–H groups in total. The summed E-state index contributed by atoms with van der Waals surface area (Å²) >= 11 is 0. The SMILES string of the molecule is CCCc1nccn1C1CCC1C(=O)O. The number of aryl methyl sites for hydroxylation is 1. The van der Waals surface area contributed by atoms with Crippen molar-refractivity contribution in [2.24, 2.45) is 5.92 Å². The molecule has 15 heavy (non-hydrogen) atoms. The third-order valence-electron chi connectivity index (χ3n) is 3.13. The van der Waals surface area contributed by atoms with Crippen LogP contribution >= 0.6 is 0 Å². The number of aromatic nitrogens is 2. The Morgan fingerprint density at radius 3 is 3.00 bits per heavy atom. The van der Waals surface area contributed by atoms with Crippen LogP contribution in [0, 0.1) is 5.92 Å². The largest absolute Gasteiger partial charge is 0.481 e. The number of carboxylic acid groups (broad SMARTS) is 1. The average molecular weight is 208 g/mol. The van der Waals surface area contributed by atoms with Crippen LogP contribution in [0.2, 0.25) is 0 Å². The summed E-state index contributed by atoms with van der Waals surface area (Å²) in [7, 11) is 0. The molecule has 0 bridgehead atoms. The first-order valence-corrected chi connectivity index (χ1v) is 5.48. The number of carbonyl (C=O) groups is 1. The van der Waals surface area contributed by atoms with Crippen LogP contribution < -0.4 is 0 Å². The number of rotatable bonds is 4. The van der Waals surface area contributed by atoms with Gasteiger partial charge in [0.1, 0.15) is 5.82 Å². The fourth-order valence-corrected chi connectivity index (χ4v) is 2.17. The van der Waals surface area contributed by atoms with Crippen LogP contribution in [0.1, 0.15) is 38.1 Å². The van der Waals surface area contributed by atoms with Crippen molar-refractivity contribution < 1.29 is 9.90 Å². The fraction of sp³-hybridized carbons (Fsp3) is 0.636. The third-order valence-corrected chi connectivity index (χ3v) is 3.13. The van der Waals surface area contributed by atoms with Crippen molar-refractivity contribution in [3.05, 3.63) is 18.2 Å². The molecule has 2 unspecified atom stereocenters. The highest BCUT2D eigenvalue weighted by molar-refractivity contribution is 5.71. The summed E-state index contributed by atoms with van der Waals surface area (Å²) in [6, 6.07) is 0.131. The maximum atomic E-state index is 10.9. The Balaban J connectivity index is 2.15. The molecule has 4 nitrogen and oxygen atoms in total. The zero-order valence-electron chi connectivity index (χ0n) is 8.89. The van der Waals surface area contributed by atoms with Crippen molar-refractivity contribution in [1.82, 2.24) is 9.55 Å². The summed E-state index contributed by atoms with van der Waals surface area (Å²) in [4.78, 5) is 15.2. The van der Waals surface area contributed by atoms with Crippen LogP contribution in [0.25, 0.3) is 0 Å². The molecule has 0 spiro atoms. The quantitative estimate of drug-likeness (QED) is 0.821. The molecule has 1 aliphatic rings. The predicted molar refractivity (Wildman–Crippen MR) is 55.6 cm³/mol. The Bertz CT molecular complexity index is 359. The normalized spacial score (nSPS) is 24.9. The molecular weight excluding hydrogens is 192 g/mol. The second-order valence-electron chi connectivity index (χ2n) is 4.09. The van der Waals surface area contributed by atoms with E-state index >= 15 is 0 Å². The molecule has 0 aromatic carbocycles. The van der Waals surface area contributed by atoms with E-state index in [1.165, 1.54) is 0 Å². The number of imidazole rings is 1. The minimum atomic E-state index is -0.678.